The number of halogens is 1. The van der Waals surface area contributed by atoms with E-state index in [0.717, 1.165) is 42.8 Å². The zero-order valence-electron chi connectivity index (χ0n) is 16.0. The first kappa shape index (κ1) is 22.9. The van der Waals surface area contributed by atoms with Gasteiger partial charge in [-0.1, -0.05) is 31.2 Å². The molecule has 0 bridgehead atoms. The van der Waals surface area contributed by atoms with Gasteiger partial charge in [0.25, 0.3) is 0 Å². The molecule has 1 heterocycles. The highest BCUT2D eigenvalue weighted by atomic mass is 127. The first-order valence-electron chi connectivity index (χ1n) is 8.61. The van der Waals surface area contributed by atoms with Crippen LogP contribution in [0.25, 0.3) is 0 Å². The van der Waals surface area contributed by atoms with Crippen LogP contribution in [0.2, 0.25) is 0 Å². The van der Waals surface area contributed by atoms with Crippen LogP contribution in [0.1, 0.15) is 35.2 Å². The van der Waals surface area contributed by atoms with Crippen molar-refractivity contribution in [3.63, 3.8) is 0 Å². The maximum atomic E-state index is 5.70. The van der Waals surface area contributed by atoms with Crippen molar-refractivity contribution in [1.29, 1.82) is 0 Å². The molecule has 2 rings (SSSR count). The summed E-state index contributed by atoms with van der Waals surface area (Å²) in [5, 5.41) is 6.63. The number of rotatable bonds is 8. The number of aryl methyl sites for hydroxylation is 1. The van der Waals surface area contributed by atoms with Crippen LogP contribution >= 0.6 is 35.3 Å². The summed E-state index contributed by atoms with van der Waals surface area (Å²) < 4.78 is 5.70. The Morgan fingerprint density at radius 1 is 1.31 bits per heavy atom. The molecule has 0 atom stereocenters. The van der Waals surface area contributed by atoms with Crippen molar-refractivity contribution in [3.05, 3.63) is 51.5 Å². The minimum Gasteiger partial charge on any atom is -0.377 e. The lowest BCUT2D eigenvalue weighted by atomic mass is 10.1. The zero-order chi connectivity index (χ0) is 18.1. The fraction of sp³-hybridized carbons (Fsp3) is 0.474. The third-order valence-corrected chi connectivity index (χ3v) is 4.62. The Bertz CT molecular complexity index is 690. The van der Waals surface area contributed by atoms with Crippen LogP contribution in [-0.4, -0.2) is 36.5 Å². The number of benzene rings is 1. The van der Waals surface area contributed by atoms with Gasteiger partial charge in [-0.25, -0.2) is 4.98 Å². The van der Waals surface area contributed by atoms with E-state index in [-0.39, 0.29) is 24.0 Å². The smallest absolute Gasteiger partial charge is 0.194 e. The second kappa shape index (κ2) is 12.2. The quantitative estimate of drug-likeness (QED) is 0.262. The predicted molar refractivity (Wildman–Crippen MR) is 120 cm³/mol. The molecule has 0 saturated carbocycles. The Hall–Kier alpha value is -1.19. The van der Waals surface area contributed by atoms with E-state index < -0.39 is 0 Å². The van der Waals surface area contributed by atoms with Crippen LogP contribution in [0.3, 0.4) is 0 Å². The van der Waals surface area contributed by atoms with E-state index in [1.807, 2.05) is 14.0 Å². The number of aliphatic imine (C=N–C) groups is 1. The first-order chi connectivity index (χ1) is 12.1. The summed E-state index contributed by atoms with van der Waals surface area (Å²) in [5.74, 6) is 0.856. The molecule has 0 radical (unpaired) electrons. The van der Waals surface area contributed by atoms with Gasteiger partial charge >= 0.3 is 0 Å². The van der Waals surface area contributed by atoms with Crippen molar-refractivity contribution in [1.82, 2.24) is 15.2 Å². The molecule has 0 fully saturated rings. The van der Waals surface area contributed by atoms with Crippen molar-refractivity contribution in [2.24, 2.45) is 4.99 Å². The van der Waals surface area contributed by atoms with Gasteiger partial charge in [-0.2, -0.15) is 0 Å². The molecule has 1 aromatic carbocycles. The van der Waals surface area contributed by atoms with Crippen molar-refractivity contribution in [2.75, 3.05) is 20.7 Å². The van der Waals surface area contributed by atoms with E-state index in [2.05, 4.69) is 56.8 Å². The summed E-state index contributed by atoms with van der Waals surface area (Å²) >= 11 is 1.68. The van der Waals surface area contributed by atoms with Crippen molar-refractivity contribution >= 4 is 41.3 Å². The van der Waals surface area contributed by atoms with Crippen LogP contribution in [0.4, 0.5) is 0 Å². The summed E-state index contributed by atoms with van der Waals surface area (Å²) in [4.78, 5) is 11.0. The summed E-state index contributed by atoms with van der Waals surface area (Å²) in [6.07, 6.45) is 1.04. The molecule has 1 aromatic heterocycles. The molecule has 0 aliphatic carbocycles. The number of nitrogens with zero attached hydrogens (tertiary/aromatic N) is 3. The minimum atomic E-state index is 0. The van der Waals surface area contributed by atoms with Crippen LogP contribution in [0.5, 0.6) is 0 Å². The number of ether oxygens (including phenoxy) is 1. The van der Waals surface area contributed by atoms with Crippen molar-refractivity contribution < 1.29 is 4.74 Å². The van der Waals surface area contributed by atoms with E-state index in [4.69, 9.17) is 4.74 Å². The molecule has 144 valence electrons. The first-order valence-corrected chi connectivity index (χ1v) is 9.49. The summed E-state index contributed by atoms with van der Waals surface area (Å²) in [7, 11) is 3.83. The average molecular weight is 488 g/mol. The van der Waals surface area contributed by atoms with Crippen LogP contribution in [-0.2, 0) is 24.4 Å². The zero-order valence-corrected chi connectivity index (χ0v) is 19.1. The van der Waals surface area contributed by atoms with E-state index in [1.54, 1.807) is 18.4 Å². The van der Waals surface area contributed by atoms with Crippen LogP contribution < -0.4 is 5.32 Å². The highest BCUT2D eigenvalue weighted by molar-refractivity contribution is 14.0. The van der Waals surface area contributed by atoms with Gasteiger partial charge in [0.15, 0.2) is 5.96 Å². The molecule has 2 aromatic rings. The number of aromatic nitrogens is 1. The number of guanidine groups is 1. The van der Waals surface area contributed by atoms with Crippen molar-refractivity contribution in [3.8, 4) is 0 Å². The Labute approximate surface area is 177 Å². The third kappa shape index (κ3) is 7.20. The molecule has 0 saturated heterocycles. The maximum Gasteiger partial charge on any atom is 0.194 e. The number of hydrogen-bond donors (Lipinski definition) is 1. The molecule has 1 N–H and O–H groups in total. The lowest BCUT2D eigenvalue weighted by molar-refractivity contribution is 0.121. The Balaban J connectivity index is 0.00000338. The molecule has 0 aliphatic rings. The average Bonchev–Trinajstić information content (AvgIpc) is 3.01. The number of thiazole rings is 1. The third-order valence-electron chi connectivity index (χ3n) is 3.80. The van der Waals surface area contributed by atoms with Gasteiger partial charge < -0.3 is 15.0 Å². The fourth-order valence-electron chi connectivity index (χ4n) is 2.55. The van der Waals surface area contributed by atoms with Gasteiger partial charge in [0.05, 0.1) is 23.9 Å². The molecule has 0 aliphatic heterocycles. The highest BCUT2D eigenvalue weighted by Gasteiger charge is 2.10. The van der Waals surface area contributed by atoms with Gasteiger partial charge in [-0.3, -0.25) is 4.99 Å². The SMILES string of the molecule is CCCOCc1ccccc1CNC(=NC)N(C)Cc1csc(C)n1.I. The van der Waals surface area contributed by atoms with Crippen LogP contribution in [0, 0.1) is 6.92 Å². The summed E-state index contributed by atoms with van der Waals surface area (Å²) in [6.45, 7) is 7.05. The van der Waals surface area contributed by atoms with E-state index in [9.17, 15) is 0 Å². The second-order valence-corrected chi connectivity index (χ2v) is 7.00. The molecule has 26 heavy (non-hydrogen) atoms. The molecule has 0 spiro atoms. The fourth-order valence-corrected chi connectivity index (χ4v) is 3.16. The van der Waals surface area contributed by atoms with E-state index in [0.29, 0.717) is 6.61 Å². The number of hydrogen-bond acceptors (Lipinski definition) is 4. The van der Waals surface area contributed by atoms with E-state index in [1.165, 1.54) is 11.1 Å². The summed E-state index contributed by atoms with van der Waals surface area (Å²) in [6, 6.07) is 8.37. The second-order valence-electron chi connectivity index (χ2n) is 5.94. The molecular formula is C19H29IN4OS. The monoisotopic (exact) mass is 488 g/mol. The standard InChI is InChI=1S/C19H28N4OS.HI/c1-5-10-24-13-17-9-7-6-8-16(17)11-21-19(20-3)23(4)12-18-14-25-15(2)22-18;/h6-9,14H,5,10-13H2,1-4H3,(H,20,21);1H. The number of nitrogens with one attached hydrogen (secondary N) is 1. The maximum absolute atomic E-state index is 5.70. The molecule has 7 heteroatoms. The Morgan fingerprint density at radius 2 is 2.04 bits per heavy atom. The molecule has 0 amide bonds. The Morgan fingerprint density at radius 3 is 2.65 bits per heavy atom. The van der Waals surface area contributed by atoms with Gasteiger partial charge in [0.2, 0.25) is 0 Å². The summed E-state index contributed by atoms with van der Waals surface area (Å²) in [5.41, 5.74) is 3.52. The Kier molecular flexibility index (Phi) is 10.8. The largest absolute Gasteiger partial charge is 0.377 e. The highest BCUT2D eigenvalue weighted by Crippen LogP contribution is 2.12. The van der Waals surface area contributed by atoms with E-state index >= 15 is 0 Å². The predicted octanol–water partition coefficient (Wildman–Crippen LogP) is 4.20. The molecule has 5 nitrogen and oxygen atoms in total. The van der Waals surface area contributed by atoms with Gasteiger partial charge in [-0.15, -0.1) is 35.3 Å². The van der Waals surface area contributed by atoms with Gasteiger partial charge in [-0.05, 0) is 24.5 Å². The van der Waals surface area contributed by atoms with Gasteiger partial charge in [0.1, 0.15) is 0 Å². The normalized spacial score (nSPS) is 11.2. The lowest BCUT2D eigenvalue weighted by Crippen LogP contribution is -2.38. The molecular weight excluding hydrogens is 459 g/mol. The topological polar surface area (TPSA) is 49.8 Å². The minimum absolute atomic E-state index is 0. The van der Waals surface area contributed by atoms with Crippen LogP contribution in [0.15, 0.2) is 34.6 Å². The van der Waals surface area contributed by atoms with Gasteiger partial charge in [0, 0.05) is 32.6 Å². The molecule has 0 unspecified atom stereocenters. The lowest BCUT2D eigenvalue weighted by Gasteiger charge is -2.22. The van der Waals surface area contributed by atoms with Crippen molar-refractivity contribution in [2.45, 2.75) is 40.0 Å².